The van der Waals surface area contributed by atoms with Gasteiger partial charge >= 0.3 is 0 Å². The fourth-order valence-electron chi connectivity index (χ4n) is 1.27. The van der Waals surface area contributed by atoms with E-state index in [1.807, 2.05) is 6.07 Å². The smallest absolute Gasteiger partial charge is 0.210 e. The number of hydrogen-bond acceptors (Lipinski definition) is 3. The number of nitriles is 1. The van der Waals surface area contributed by atoms with E-state index in [1.165, 1.54) is 18.2 Å². The highest BCUT2D eigenvalue weighted by atomic mass is 35.5. The third kappa shape index (κ3) is 2.95. The molecule has 0 unspecified atom stereocenters. The first-order chi connectivity index (χ1) is 7.51. The fraction of sp³-hybridized carbons (Fsp3) is 0.300. The summed E-state index contributed by atoms with van der Waals surface area (Å²) in [7, 11) is -3.52. The lowest BCUT2D eigenvalue weighted by molar-refractivity contribution is 0.583. The van der Waals surface area contributed by atoms with Crippen molar-refractivity contribution < 1.29 is 8.42 Å². The summed E-state index contributed by atoms with van der Waals surface area (Å²) in [6.07, 6.45) is 0. The lowest BCUT2D eigenvalue weighted by Gasteiger charge is -2.08. The number of halogens is 1. The highest BCUT2D eigenvalue weighted by Gasteiger charge is 2.15. The average Bonchev–Trinajstić information content (AvgIpc) is 2.25. The summed E-state index contributed by atoms with van der Waals surface area (Å²) < 4.78 is 25.9. The van der Waals surface area contributed by atoms with Crippen molar-refractivity contribution in [2.75, 3.05) is 12.4 Å². The average molecular weight is 259 g/mol. The van der Waals surface area contributed by atoms with Gasteiger partial charge in [-0.25, -0.2) is 13.1 Å². The molecule has 0 aliphatic carbocycles. The van der Waals surface area contributed by atoms with Crippen molar-refractivity contribution in [2.24, 2.45) is 0 Å². The van der Waals surface area contributed by atoms with Crippen molar-refractivity contribution in [1.29, 1.82) is 5.26 Å². The second-order valence-corrected chi connectivity index (χ2v) is 5.29. The lowest BCUT2D eigenvalue weighted by Crippen LogP contribution is -2.26. The SMILES string of the molecule is Cc1cc(C#N)ccc1S(=O)(=O)NCCCl. The van der Waals surface area contributed by atoms with Gasteiger partial charge in [-0.3, -0.25) is 0 Å². The second kappa shape index (κ2) is 5.30. The van der Waals surface area contributed by atoms with E-state index in [1.54, 1.807) is 6.92 Å². The molecule has 0 aliphatic rings. The number of nitrogens with one attached hydrogen (secondary N) is 1. The molecule has 0 fully saturated rings. The molecule has 16 heavy (non-hydrogen) atoms. The van der Waals surface area contributed by atoms with E-state index < -0.39 is 10.0 Å². The molecule has 0 saturated heterocycles. The third-order valence-corrected chi connectivity index (χ3v) is 3.79. The lowest BCUT2D eigenvalue weighted by atomic mass is 10.2. The molecule has 0 spiro atoms. The molecule has 0 saturated carbocycles. The van der Waals surface area contributed by atoms with Crippen LogP contribution in [0.4, 0.5) is 0 Å². The standard InChI is InChI=1S/C10H11ClN2O2S/c1-8-6-9(7-12)2-3-10(8)16(14,15)13-5-4-11/h2-3,6,13H,4-5H2,1H3. The molecule has 0 amide bonds. The number of rotatable bonds is 4. The zero-order chi connectivity index (χ0) is 12.2. The summed E-state index contributed by atoms with van der Waals surface area (Å²) in [5.74, 6) is 0.217. The van der Waals surface area contributed by atoms with Gasteiger partial charge in [-0.1, -0.05) is 0 Å². The van der Waals surface area contributed by atoms with Crippen LogP contribution < -0.4 is 4.72 Å². The number of nitrogens with zero attached hydrogens (tertiary/aromatic N) is 1. The molecule has 0 radical (unpaired) electrons. The van der Waals surface area contributed by atoms with Gasteiger partial charge in [0.25, 0.3) is 0 Å². The summed E-state index contributed by atoms with van der Waals surface area (Å²) in [6.45, 7) is 1.83. The number of alkyl halides is 1. The van der Waals surface area contributed by atoms with Crippen molar-refractivity contribution >= 4 is 21.6 Å². The predicted octanol–water partition coefficient (Wildman–Crippen LogP) is 1.38. The molecule has 0 atom stereocenters. The topological polar surface area (TPSA) is 70.0 Å². The summed E-state index contributed by atoms with van der Waals surface area (Å²) in [5.41, 5.74) is 0.981. The van der Waals surface area contributed by atoms with Crippen molar-refractivity contribution in [1.82, 2.24) is 4.72 Å². The summed E-state index contributed by atoms with van der Waals surface area (Å²) in [4.78, 5) is 0.177. The minimum Gasteiger partial charge on any atom is -0.210 e. The Kier molecular flexibility index (Phi) is 4.30. The van der Waals surface area contributed by atoms with Gasteiger partial charge in [-0.15, -0.1) is 11.6 Å². The molecule has 6 heteroatoms. The van der Waals surface area contributed by atoms with Gasteiger partial charge in [0.2, 0.25) is 10.0 Å². The van der Waals surface area contributed by atoms with E-state index in [2.05, 4.69) is 4.72 Å². The fourth-order valence-corrected chi connectivity index (χ4v) is 2.73. The molecular weight excluding hydrogens is 248 g/mol. The second-order valence-electron chi connectivity index (χ2n) is 3.18. The van der Waals surface area contributed by atoms with Crippen LogP contribution in [0.2, 0.25) is 0 Å². The third-order valence-electron chi connectivity index (χ3n) is 1.98. The van der Waals surface area contributed by atoms with Crippen LogP contribution in [-0.2, 0) is 10.0 Å². The van der Waals surface area contributed by atoms with Crippen molar-refractivity contribution in [3.05, 3.63) is 29.3 Å². The van der Waals surface area contributed by atoms with Crippen LogP contribution in [0.3, 0.4) is 0 Å². The maximum absolute atomic E-state index is 11.8. The minimum atomic E-state index is -3.52. The van der Waals surface area contributed by atoms with Crippen LogP contribution in [0.1, 0.15) is 11.1 Å². The molecule has 1 N–H and O–H groups in total. The normalized spacial score (nSPS) is 11.1. The summed E-state index contributed by atoms with van der Waals surface area (Å²) >= 11 is 5.41. The Morgan fingerprint density at radius 1 is 1.50 bits per heavy atom. The Morgan fingerprint density at radius 3 is 2.69 bits per heavy atom. The zero-order valence-corrected chi connectivity index (χ0v) is 10.3. The van der Waals surface area contributed by atoms with E-state index in [-0.39, 0.29) is 17.3 Å². The highest BCUT2D eigenvalue weighted by Crippen LogP contribution is 2.16. The summed E-state index contributed by atoms with van der Waals surface area (Å²) in [6, 6.07) is 6.39. The van der Waals surface area contributed by atoms with Crippen LogP contribution in [-0.4, -0.2) is 20.8 Å². The van der Waals surface area contributed by atoms with Gasteiger partial charge in [-0.2, -0.15) is 5.26 Å². The van der Waals surface area contributed by atoms with Gasteiger partial charge in [0.15, 0.2) is 0 Å². The van der Waals surface area contributed by atoms with Gasteiger partial charge < -0.3 is 0 Å². The predicted molar refractivity (Wildman–Crippen MR) is 61.8 cm³/mol. The molecule has 1 aromatic carbocycles. The first-order valence-electron chi connectivity index (χ1n) is 4.57. The molecule has 0 aromatic heterocycles. The number of benzene rings is 1. The van der Waals surface area contributed by atoms with Crippen LogP contribution >= 0.6 is 11.6 Å². The Labute approximate surface area is 99.9 Å². The molecule has 0 aliphatic heterocycles. The molecule has 4 nitrogen and oxygen atoms in total. The van der Waals surface area contributed by atoms with Gasteiger partial charge in [-0.05, 0) is 30.7 Å². The first-order valence-corrected chi connectivity index (χ1v) is 6.59. The maximum atomic E-state index is 11.8. The van der Waals surface area contributed by atoms with Crippen molar-refractivity contribution in [3.8, 4) is 6.07 Å². The van der Waals surface area contributed by atoms with Gasteiger partial charge in [0, 0.05) is 12.4 Å². The van der Waals surface area contributed by atoms with Crippen LogP contribution in [0.25, 0.3) is 0 Å². The quantitative estimate of drug-likeness (QED) is 0.830. The van der Waals surface area contributed by atoms with Crippen molar-refractivity contribution in [2.45, 2.75) is 11.8 Å². The minimum absolute atomic E-state index is 0.177. The monoisotopic (exact) mass is 258 g/mol. The van der Waals surface area contributed by atoms with Crippen molar-refractivity contribution in [3.63, 3.8) is 0 Å². The zero-order valence-electron chi connectivity index (χ0n) is 8.70. The summed E-state index contributed by atoms with van der Waals surface area (Å²) in [5, 5.41) is 8.66. The molecule has 86 valence electrons. The Hall–Kier alpha value is -1.09. The number of aryl methyl sites for hydroxylation is 1. The van der Waals surface area contributed by atoms with E-state index in [4.69, 9.17) is 16.9 Å². The molecule has 0 heterocycles. The molecule has 0 bridgehead atoms. The molecule has 1 rings (SSSR count). The Balaban J connectivity index is 3.10. The van der Waals surface area contributed by atoms with Gasteiger partial charge in [0.1, 0.15) is 0 Å². The van der Waals surface area contributed by atoms with Crippen LogP contribution in [0.15, 0.2) is 23.1 Å². The van der Waals surface area contributed by atoms with E-state index >= 15 is 0 Å². The number of sulfonamides is 1. The van der Waals surface area contributed by atoms with Crippen LogP contribution in [0, 0.1) is 18.3 Å². The molecule has 1 aromatic rings. The first kappa shape index (κ1) is 13.0. The highest BCUT2D eigenvalue weighted by molar-refractivity contribution is 7.89. The van der Waals surface area contributed by atoms with E-state index in [0.29, 0.717) is 11.1 Å². The van der Waals surface area contributed by atoms with Gasteiger partial charge in [0.05, 0.1) is 16.5 Å². The van der Waals surface area contributed by atoms with Crippen LogP contribution in [0.5, 0.6) is 0 Å². The maximum Gasteiger partial charge on any atom is 0.240 e. The number of hydrogen-bond donors (Lipinski definition) is 1. The largest absolute Gasteiger partial charge is 0.240 e. The van der Waals surface area contributed by atoms with E-state index in [9.17, 15) is 8.42 Å². The Bertz CT molecular complexity index is 520. The van der Waals surface area contributed by atoms with E-state index in [0.717, 1.165) is 0 Å². The molecular formula is C10H11ClN2O2S. The Morgan fingerprint density at radius 2 is 2.19 bits per heavy atom.